The van der Waals surface area contributed by atoms with Gasteiger partial charge in [-0.05, 0) is 17.7 Å². The summed E-state index contributed by atoms with van der Waals surface area (Å²) in [4.78, 5) is 2.12. The van der Waals surface area contributed by atoms with Crippen LogP contribution in [-0.2, 0) is 16.6 Å². The first-order chi connectivity index (χ1) is 8.86. The summed E-state index contributed by atoms with van der Waals surface area (Å²) in [6, 6.07) is 4.37. The van der Waals surface area contributed by atoms with Crippen molar-refractivity contribution in [3.05, 3.63) is 29.6 Å². The molecule has 1 aromatic rings. The van der Waals surface area contributed by atoms with Crippen molar-refractivity contribution >= 4 is 15.7 Å². The monoisotopic (exact) mass is 287 g/mol. The van der Waals surface area contributed by atoms with Crippen molar-refractivity contribution in [3.8, 4) is 0 Å². The van der Waals surface area contributed by atoms with Gasteiger partial charge in [0.2, 0.25) is 10.0 Å². The highest BCUT2D eigenvalue weighted by atomic mass is 32.2. The van der Waals surface area contributed by atoms with E-state index >= 15 is 0 Å². The maximum Gasteiger partial charge on any atom is 0.211 e. The smallest absolute Gasteiger partial charge is 0.211 e. The Balaban J connectivity index is 1.96. The van der Waals surface area contributed by atoms with Crippen LogP contribution in [0, 0.1) is 5.82 Å². The summed E-state index contributed by atoms with van der Waals surface area (Å²) in [6.45, 7) is 2.90. The fourth-order valence-electron chi connectivity index (χ4n) is 2.17. The number of nitrogens with zero attached hydrogens (tertiary/aromatic N) is 2. The van der Waals surface area contributed by atoms with Gasteiger partial charge in [-0.1, -0.05) is 6.07 Å². The lowest BCUT2D eigenvalue weighted by atomic mass is 10.1. The molecule has 7 heteroatoms. The van der Waals surface area contributed by atoms with E-state index in [1.165, 1.54) is 22.7 Å². The summed E-state index contributed by atoms with van der Waals surface area (Å²) in [5.41, 5.74) is 7.07. The Morgan fingerprint density at radius 1 is 1.26 bits per heavy atom. The molecule has 1 heterocycles. The first-order valence-electron chi connectivity index (χ1n) is 6.07. The predicted molar refractivity (Wildman–Crippen MR) is 72.5 cm³/mol. The molecule has 1 saturated heterocycles. The Hall–Kier alpha value is -1.18. The summed E-state index contributed by atoms with van der Waals surface area (Å²) >= 11 is 0. The maximum atomic E-state index is 12.9. The second-order valence-corrected chi connectivity index (χ2v) is 6.76. The highest BCUT2D eigenvalue weighted by molar-refractivity contribution is 7.88. The van der Waals surface area contributed by atoms with Gasteiger partial charge >= 0.3 is 0 Å². The van der Waals surface area contributed by atoms with Crippen molar-refractivity contribution in [2.45, 2.75) is 6.54 Å². The molecular formula is C12H18FN3O2S. The molecule has 0 amide bonds. The van der Waals surface area contributed by atoms with Crippen molar-refractivity contribution < 1.29 is 12.8 Å². The lowest BCUT2D eigenvalue weighted by Gasteiger charge is -2.33. The van der Waals surface area contributed by atoms with E-state index in [2.05, 4.69) is 4.90 Å². The van der Waals surface area contributed by atoms with E-state index in [9.17, 15) is 12.8 Å². The van der Waals surface area contributed by atoms with Gasteiger partial charge in [0.05, 0.1) is 6.26 Å². The van der Waals surface area contributed by atoms with Crippen LogP contribution < -0.4 is 5.73 Å². The van der Waals surface area contributed by atoms with Gasteiger partial charge in [0.25, 0.3) is 0 Å². The van der Waals surface area contributed by atoms with E-state index < -0.39 is 10.0 Å². The molecule has 1 aromatic carbocycles. The summed E-state index contributed by atoms with van der Waals surface area (Å²) < 4.78 is 37.2. The lowest BCUT2D eigenvalue weighted by molar-refractivity contribution is 0.182. The Morgan fingerprint density at radius 3 is 2.42 bits per heavy atom. The van der Waals surface area contributed by atoms with Crippen molar-refractivity contribution in [1.82, 2.24) is 9.21 Å². The first-order valence-corrected chi connectivity index (χ1v) is 7.92. The topological polar surface area (TPSA) is 66.6 Å². The molecule has 1 fully saturated rings. The molecule has 2 N–H and O–H groups in total. The van der Waals surface area contributed by atoms with E-state index in [1.54, 1.807) is 6.07 Å². The van der Waals surface area contributed by atoms with Crippen LogP contribution in [0.3, 0.4) is 0 Å². The zero-order valence-electron chi connectivity index (χ0n) is 10.8. The minimum absolute atomic E-state index is 0.344. The number of benzene rings is 1. The van der Waals surface area contributed by atoms with Gasteiger partial charge in [-0.25, -0.2) is 12.8 Å². The lowest BCUT2D eigenvalue weighted by Crippen LogP contribution is -2.47. The van der Waals surface area contributed by atoms with Crippen LogP contribution in [0.4, 0.5) is 10.1 Å². The highest BCUT2D eigenvalue weighted by Crippen LogP contribution is 2.17. The Labute approximate surface area is 112 Å². The predicted octanol–water partition coefficient (Wildman–Crippen LogP) is 0.485. The third-order valence-electron chi connectivity index (χ3n) is 3.30. The zero-order valence-corrected chi connectivity index (χ0v) is 11.7. The number of halogens is 1. The minimum Gasteiger partial charge on any atom is -0.398 e. The average molecular weight is 287 g/mol. The number of sulfonamides is 1. The van der Waals surface area contributed by atoms with E-state index in [0.29, 0.717) is 38.4 Å². The van der Waals surface area contributed by atoms with Crippen LogP contribution in [0.25, 0.3) is 0 Å². The Kier molecular flexibility index (Phi) is 4.07. The number of hydrogen-bond donors (Lipinski definition) is 1. The number of anilines is 1. The molecule has 0 saturated carbocycles. The van der Waals surface area contributed by atoms with E-state index in [4.69, 9.17) is 5.73 Å². The molecular weight excluding hydrogens is 269 g/mol. The first kappa shape index (κ1) is 14.2. The van der Waals surface area contributed by atoms with Gasteiger partial charge in [-0.3, -0.25) is 4.90 Å². The largest absolute Gasteiger partial charge is 0.398 e. The summed E-state index contributed by atoms with van der Waals surface area (Å²) in [6.07, 6.45) is 1.22. The number of nitrogens with two attached hydrogens (primary N) is 1. The molecule has 0 unspecified atom stereocenters. The van der Waals surface area contributed by atoms with Gasteiger partial charge in [0, 0.05) is 38.4 Å². The molecule has 19 heavy (non-hydrogen) atoms. The van der Waals surface area contributed by atoms with Crippen molar-refractivity contribution in [1.29, 1.82) is 0 Å². The van der Waals surface area contributed by atoms with Gasteiger partial charge in [-0.2, -0.15) is 4.31 Å². The molecule has 0 aromatic heterocycles. The fraction of sp³-hybridized carbons (Fsp3) is 0.500. The maximum absolute atomic E-state index is 12.9. The quantitative estimate of drug-likeness (QED) is 0.821. The zero-order chi connectivity index (χ0) is 14.0. The van der Waals surface area contributed by atoms with Gasteiger partial charge in [0.1, 0.15) is 5.82 Å². The van der Waals surface area contributed by atoms with Crippen LogP contribution in [0.2, 0.25) is 0 Å². The van der Waals surface area contributed by atoms with Crippen LogP contribution in [0.1, 0.15) is 5.56 Å². The van der Waals surface area contributed by atoms with Gasteiger partial charge in [0.15, 0.2) is 0 Å². The van der Waals surface area contributed by atoms with Crippen LogP contribution in [0.15, 0.2) is 18.2 Å². The average Bonchev–Trinajstić information content (AvgIpc) is 2.32. The second kappa shape index (κ2) is 5.44. The molecule has 106 valence electrons. The van der Waals surface area contributed by atoms with Crippen LogP contribution in [-0.4, -0.2) is 50.1 Å². The van der Waals surface area contributed by atoms with Crippen molar-refractivity contribution in [2.75, 3.05) is 38.2 Å². The summed E-state index contributed by atoms with van der Waals surface area (Å²) in [5, 5.41) is 0. The normalized spacial score (nSPS) is 18.6. The third-order valence-corrected chi connectivity index (χ3v) is 4.61. The molecule has 0 atom stereocenters. The molecule has 1 aliphatic heterocycles. The summed E-state index contributed by atoms with van der Waals surface area (Å²) in [5.74, 6) is -0.344. The molecule has 0 bridgehead atoms. The van der Waals surface area contributed by atoms with Gasteiger partial charge < -0.3 is 5.73 Å². The molecule has 0 aliphatic carbocycles. The van der Waals surface area contributed by atoms with Gasteiger partial charge in [-0.15, -0.1) is 0 Å². The number of hydrogen-bond acceptors (Lipinski definition) is 4. The minimum atomic E-state index is -3.10. The number of rotatable bonds is 3. The number of nitrogen functional groups attached to an aromatic ring is 1. The molecule has 0 radical (unpaired) electrons. The van der Waals surface area contributed by atoms with E-state index in [0.717, 1.165) is 5.56 Å². The fourth-order valence-corrected chi connectivity index (χ4v) is 3.00. The highest BCUT2D eigenvalue weighted by Gasteiger charge is 2.23. The van der Waals surface area contributed by atoms with Crippen molar-refractivity contribution in [2.24, 2.45) is 0 Å². The molecule has 0 spiro atoms. The second-order valence-electron chi connectivity index (χ2n) is 4.78. The van der Waals surface area contributed by atoms with E-state index in [-0.39, 0.29) is 5.82 Å². The Morgan fingerprint density at radius 2 is 1.89 bits per heavy atom. The standard InChI is InChI=1S/C12H18FN3O2S/c1-19(17,18)16-6-4-15(5-7-16)9-10-2-3-11(13)8-12(10)14/h2-3,8H,4-7,9,14H2,1H3. The van der Waals surface area contributed by atoms with Crippen LogP contribution in [0.5, 0.6) is 0 Å². The SMILES string of the molecule is CS(=O)(=O)N1CCN(Cc2ccc(F)cc2N)CC1. The third kappa shape index (κ3) is 3.65. The molecule has 1 aliphatic rings. The summed E-state index contributed by atoms with van der Waals surface area (Å²) in [7, 11) is -3.10. The van der Waals surface area contributed by atoms with E-state index in [1.807, 2.05) is 0 Å². The molecule has 5 nitrogen and oxygen atoms in total. The molecule has 2 rings (SSSR count). The van der Waals surface area contributed by atoms with Crippen molar-refractivity contribution in [3.63, 3.8) is 0 Å². The number of piperazine rings is 1. The van der Waals surface area contributed by atoms with Crippen LogP contribution >= 0.6 is 0 Å². The Bertz CT molecular complexity index is 554.